The molecule has 2 aliphatic rings. The average Bonchev–Trinajstić information content (AvgIpc) is 2.65. The van der Waals surface area contributed by atoms with E-state index in [2.05, 4.69) is 41.2 Å². The van der Waals surface area contributed by atoms with Crippen molar-refractivity contribution in [1.82, 2.24) is 20.4 Å². The summed E-state index contributed by atoms with van der Waals surface area (Å²) < 4.78 is 0. The average molecular weight is 366 g/mol. The molecule has 0 saturated carbocycles. The summed E-state index contributed by atoms with van der Waals surface area (Å²) in [7, 11) is 0. The summed E-state index contributed by atoms with van der Waals surface area (Å²) in [6.07, 6.45) is 10.4. The van der Waals surface area contributed by atoms with E-state index in [1.807, 2.05) is 0 Å². The predicted molar refractivity (Wildman–Crippen MR) is 113 cm³/mol. The molecule has 152 valence electrons. The molecule has 2 fully saturated rings. The molecule has 0 aromatic carbocycles. The van der Waals surface area contributed by atoms with Gasteiger partial charge in [0.25, 0.3) is 0 Å². The Labute approximate surface area is 162 Å². The van der Waals surface area contributed by atoms with Crippen LogP contribution in [0.2, 0.25) is 0 Å². The Kier molecular flexibility index (Phi) is 10.4. The zero-order chi connectivity index (χ0) is 18.6. The van der Waals surface area contributed by atoms with Crippen LogP contribution in [-0.2, 0) is 0 Å². The van der Waals surface area contributed by atoms with Crippen molar-refractivity contribution in [3.05, 3.63) is 0 Å². The third kappa shape index (κ3) is 7.83. The van der Waals surface area contributed by atoms with E-state index in [4.69, 9.17) is 4.99 Å². The standard InChI is InChI=1S/C21H43N5/c1-4-14-25-17-11-20(12-18-25)24-21(22-5-2)23-13-7-9-16-26-15-8-6-10-19(26)3/h19-20H,4-18H2,1-3H3,(H2,22,23,24). The molecule has 2 rings (SSSR count). The molecule has 5 nitrogen and oxygen atoms in total. The summed E-state index contributed by atoms with van der Waals surface area (Å²) in [5, 5.41) is 7.10. The Hall–Kier alpha value is -0.810. The van der Waals surface area contributed by atoms with E-state index in [1.165, 1.54) is 84.1 Å². The molecule has 0 spiro atoms. The number of hydrogen-bond donors (Lipinski definition) is 2. The smallest absolute Gasteiger partial charge is 0.191 e. The maximum absolute atomic E-state index is 4.83. The summed E-state index contributed by atoms with van der Waals surface area (Å²) in [5.41, 5.74) is 0. The minimum absolute atomic E-state index is 0.579. The van der Waals surface area contributed by atoms with Crippen LogP contribution in [0.5, 0.6) is 0 Å². The molecule has 0 bridgehead atoms. The minimum Gasteiger partial charge on any atom is -0.357 e. The lowest BCUT2D eigenvalue weighted by atomic mass is 10.0. The molecular formula is C21H43N5. The first-order valence-corrected chi connectivity index (χ1v) is 11.2. The third-order valence-corrected chi connectivity index (χ3v) is 5.88. The van der Waals surface area contributed by atoms with Gasteiger partial charge in [-0.3, -0.25) is 4.99 Å². The number of nitrogens with one attached hydrogen (secondary N) is 2. The van der Waals surface area contributed by atoms with Crippen LogP contribution in [0.3, 0.4) is 0 Å². The molecule has 26 heavy (non-hydrogen) atoms. The Bertz CT molecular complexity index is 390. The SMILES string of the molecule is CCCN1CCC(NC(=NCCCCN2CCCCC2C)NCC)CC1. The van der Waals surface area contributed by atoms with Crippen molar-refractivity contribution in [3.8, 4) is 0 Å². The number of nitrogens with zero attached hydrogens (tertiary/aromatic N) is 3. The van der Waals surface area contributed by atoms with Crippen LogP contribution in [0.1, 0.15) is 72.1 Å². The molecule has 2 N–H and O–H groups in total. The highest BCUT2D eigenvalue weighted by atomic mass is 15.2. The predicted octanol–water partition coefficient (Wildman–Crippen LogP) is 3.07. The van der Waals surface area contributed by atoms with Crippen LogP contribution in [0.4, 0.5) is 0 Å². The van der Waals surface area contributed by atoms with Crippen LogP contribution < -0.4 is 10.6 Å². The molecule has 5 heteroatoms. The lowest BCUT2D eigenvalue weighted by Gasteiger charge is -2.33. The normalized spacial score (nSPS) is 24.0. The van der Waals surface area contributed by atoms with Crippen molar-refractivity contribution in [2.75, 3.05) is 45.8 Å². The van der Waals surface area contributed by atoms with Gasteiger partial charge >= 0.3 is 0 Å². The summed E-state index contributed by atoms with van der Waals surface area (Å²) in [4.78, 5) is 10.1. The zero-order valence-electron chi connectivity index (χ0n) is 17.6. The van der Waals surface area contributed by atoms with Crippen molar-refractivity contribution in [2.45, 2.75) is 84.2 Å². The second-order valence-corrected chi connectivity index (χ2v) is 8.11. The number of aliphatic imine (C=N–C) groups is 1. The lowest BCUT2D eigenvalue weighted by molar-refractivity contribution is 0.158. The van der Waals surface area contributed by atoms with Crippen molar-refractivity contribution in [2.24, 2.45) is 4.99 Å². The third-order valence-electron chi connectivity index (χ3n) is 5.88. The van der Waals surface area contributed by atoms with Crippen molar-refractivity contribution < 1.29 is 0 Å². The fourth-order valence-electron chi connectivity index (χ4n) is 4.24. The van der Waals surface area contributed by atoms with E-state index in [0.29, 0.717) is 6.04 Å². The molecule has 2 saturated heterocycles. The van der Waals surface area contributed by atoms with Crippen molar-refractivity contribution in [1.29, 1.82) is 0 Å². The number of likely N-dealkylation sites (tertiary alicyclic amines) is 2. The molecule has 2 aliphatic heterocycles. The number of unbranched alkanes of at least 4 members (excludes halogenated alkanes) is 1. The minimum atomic E-state index is 0.579. The highest BCUT2D eigenvalue weighted by molar-refractivity contribution is 5.80. The molecule has 0 amide bonds. The maximum atomic E-state index is 4.83. The summed E-state index contributed by atoms with van der Waals surface area (Å²) in [6, 6.07) is 1.36. The Morgan fingerprint density at radius 3 is 2.50 bits per heavy atom. The van der Waals surface area contributed by atoms with Crippen LogP contribution in [0.15, 0.2) is 4.99 Å². The molecule has 1 atom stereocenters. The number of rotatable bonds is 9. The quantitative estimate of drug-likeness (QED) is 0.374. The van der Waals surface area contributed by atoms with E-state index in [0.717, 1.165) is 25.1 Å². The van der Waals surface area contributed by atoms with E-state index in [-0.39, 0.29) is 0 Å². The Morgan fingerprint density at radius 2 is 1.81 bits per heavy atom. The van der Waals surface area contributed by atoms with Crippen molar-refractivity contribution in [3.63, 3.8) is 0 Å². The number of hydrogen-bond acceptors (Lipinski definition) is 3. The van der Waals surface area contributed by atoms with Gasteiger partial charge in [0.05, 0.1) is 0 Å². The van der Waals surface area contributed by atoms with Crippen LogP contribution in [0, 0.1) is 0 Å². The van der Waals surface area contributed by atoms with Crippen LogP contribution in [0.25, 0.3) is 0 Å². The second kappa shape index (κ2) is 12.6. The largest absolute Gasteiger partial charge is 0.357 e. The molecule has 0 aromatic rings. The Balaban J connectivity index is 1.64. The Morgan fingerprint density at radius 1 is 1.00 bits per heavy atom. The van der Waals surface area contributed by atoms with Crippen molar-refractivity contribution >= 4 is 5.96 Å². The second-order valence-electron chi connectivity index (χ2n) is 8.11. The first kappa shape index (κ1) is 21.5. The molecule has 0 aromatic heterocycles. The highest BCUT2D eigenvalue weighted by Crippen LogP contribution is 2.16. The van der Waals surface area contributed by atoms with Gasteiger partial charge in [-0.05, 0) is 78.4 Å². The number of guanidine groups is 1. The van der Waals surface area contributed by atoms with Gasteiger partial charge in [0.1, 0.15) is 0 Å². The first-order chi connectivity index (χ1) is 12.7. The van der Waals surface area contributed by atoms with E-state index in [1.54, 1.807) is 0 Å². The molecular weight excluding hydrogens is 322 g/mol. The molecule has 0 radical (unpaired) electrons. The highest BCUT2D eigenvalue weighted by Gasteiger charge is 2.19. The summed E-state index contributed by atoms with van der Waals surface area (Å²) >= 11 is 0. The molecule has 2 heterocycles. The zero-order valence-corrected chi connectivity index (χ0v) is 17.6. The first-order valence-electron chi connectivity index (χ1n) is 11.2. The van der Waals surface area contributed by atoms with Gasteiger partial charge in [0.2, 0.25) is 0 Å². The van der Waals surface area contributed by atoms with E-state index in [9.17, 15) is 0 Å². The summed E-state index contributed by atoms with van der Waals surface area (Å²) in [5.74, 6) is 1.02. The van der Waals surface area contributed by atoms with Gasteiger partial charge in [-0.15, -0.1) is 0 Å². The van der Waals surface area contributed by atoms with E-state index >= 15 is 0 Å². The topological polar surface area (TPSA) is 42.9 Å². The number of piperidine rings is 2. The van der Waals surface area contributed by atoms with Gasteiger partial charge in [-0.2, -0.15) is 0 Å². The van der Waals surface area contributed by atoms with Crippen LogP contribution in [-0.4, -0.2) is 73.7 Å². The van der Waals surface area contributed by atoms with Gasteiger partial charge in [0, 0.05) is 38.3 Å². The van der Waals surface area contributed by atoms with Crippen LogP contribution >= 0.6 is 0 Å². The fraction of sp³-hybridized carbons (Fsp3) is 0.952. The van der Waals surface area contributed by atoms with Gasteiger partial charge in [-0.25, -0.2) is 0 Å². The maximum Gasteiger partial charge on any atom is 0.191 e. The molecule has 1 unspecified atom stereocenters. The summed E-state index contributed by atoms with van der Waals surface area (Å²) in [6.45, 7) is 14.9. The van der Waals surface area contributed by atoms with Gasteiger partial charge < -0.3 is 20.4 Å². The van der Waals surface area contributed by atoms with Gasteiger partial charge in [0.15, 0.2) is 5.96 Å². The van der Waals surface area contributed by atoms with Gasteiger partial charge in [-0.1, -0.05) is 13.3 Å². The van der Waals surface area contributed by atoms with E-state index < -0.39 is 0 Å². The lowest BCUT2D eigenvalue weighted by Crippen LogP contribution is -2.48. The monoisotopic (exact) mass is 365 g/mol. The molecule has 0 aliphatic carbocycles. The fourth-order valence-corrected chi connectivity index (χ4v) is 4.24.